The maximum atomic E-state index is 15.9. The van der Waals surface area contributed by atoms with Gasteiger partial charge in [-0.25, -0.2) is 24.0 Å². The molecule has 0 unspecified atom stereocenters. The molecule has 7 aromatic carbocycles. The summed E-state index contributed by atoms with van der Waals surface area (Å²) in [6, 6.07) is 3.05. The largest absolute Gasteiger partial charge is 0.507 e. The molecule has 32 heteroatoms. The number of phenols is 20. The molecule has 0 spiro atoms. The maximum absolute atomic E-state index is 15.9. The number of cyclic esters (lactones) is 1. The van der Waals surface area contributed by atoms with Crippen molar-refractivity contribution in [2.75, 3.05) is 6.61 Å². The van der Waals surface area contributed by atoms with Crippen LogP contribution in [0.4, 0.5) is 0 Å². The average molecular weight is 1220 g/mol. The van der Waals surface area contributed by atoms with Gasteiger partial charge in [-0.3, -0.25) is 0 Å². The van der Waals surface area contributed by atoms with Crippen molar-refractivity contribution in [2.24, 2.45) is 0 Å². The Morgan fingerprint density at radius 3 is 1.30 bits per heavy atom. The molecule has 21 N–H and O–H groups in total. The Kier molecular flexibility index (Phi) is 12.2. The number of aliphatic hydroxyl groups excluding tert-OH is 1. The average Bonchev–Trinajstić information content (AvgIpc) is 0.868. The van der Waals surface area contributed by atoms with Gasteiger partial charge in [0.1, 0.15) is 23.9 Å². The second-order valence-electron chi connectivity index (χ2n) is 20.4. The second kappa shape index (κ2) is 19.1. The topological polar surface area (TPSA) is 566 Å². The number of carbonyl (C=O) groups is 5. The highest BCUT2D eigenvalue weighted by Gasteiger charge is 2.58. The lowest BCUT2D eigenvalue weighted by Crippen LogP contribution is -2.56. The van der Waals surface area contributed by atoms with Crippen molar-refractivity contribution in [1.82, 2.24) is 0 Å². The number of rotatable bonds is 2. The van der Waals surface area contributed by atoms with Crippen LogP contribution in [-0.4, -0.2) is 174 Å². The first-order valence-corrected chi connectivity index (χ1v) is 25.1. The Hall–Kier alpha value is -12.4. The zero-order valence-corrected chi connectivity index (χ0v) is 43.3. The highest BCUT2D eigenvalue weighted by atomic mass is 16.6. The fraction of sp³-hybridized carbons (Fsp3) is 0.161. The number of fused-ring (bicyclic) bond motifs is 8. The molecular formula is C56H38O32. The van der Waals surface area contributed by atoms with Crippen LogP contribution in [0.25, 0.3) is 33.4 Å². The number of phenolic OH excluding ortho intramolecular Hbond substituents is 20. The number of esters is 5. The molecule has 454 valence electrons. The first-order valence-electron chi connectivity index (χ1n) is 25.1. The van der Waals surface area contributed by atoms with Crippen molar-refractivity contribution in [3.05, 3.63) is 86.5 Å². The van der Waals surface area contributed by atoms with Gasteiger partial charge in [0, 0.05) is 68.1 Å². The molecule has 6 bridgehead atoms. The third-order valence-corrected chi connectivity index (χ3v) is 15.6. The number of aromatic hydroxyl groups is 20. The van der Waals surface area contributed by atoms with Crippen LogP contribution in [-0.2, 0) is 30.1 Å². The van der Waals surface area contributed by atoms with Gasteiger partial charge in [-0.05, 0) is 30.3 Å². The zero-order valence-electron chi connectivity index (χ0n) is 43.3. The standard InChI is InChI=1S/C56H38O32/c57-14-7-15(58)26(48-10(14)3-21(64)47(85-48)9-1-16(59)34(65)17(60)2-9)31-30-33-29(43(74)46(77)44(30)75)28-32-27(41(72)45(76)42(28)73)25-13(6-20(63)37(68)40(25)71)53(79)84-22-8-83-52(78)11-4-18(61)35(66)38(69)23(11)24-12(5-19(62)36(67)39(24)70)54(80)86-49(22)51(88-56(32)82)50(31)87-55(33)81/h1-2,4-7,21-22,31,47,49-51,57-77H,3,8H2/t21-,22+,31-,47+,49+,50-,51-/m0/s1. The zero-order chi connectivity index (χ0) is 63.6. The van der Waals surface area contributed by atoms with Gasteiger partial charge in [-0.15, -0.1) is 0 Å². The maximum Gasteiger partial charge on any atom is 0.340 e. The van der Waals surface area contributed by atoms with E-state index < -0.39 is 284 Å². The Labute approximate surface area is 484 Å². The lowest BCUT2D eigenvalue weighted by atomic mass is 9.73. The quantitative estimate of drug-likeness (QED) is 0.0672. The molecule has 6 aliphatic heterocycles. The predicted molar refractivity (Wildman–Crippen MR) is 277 cm³/mol. The van der Waals surface area contributed by atoms with Gasteiger partial charge in [-0.1, -0.05) is 0 Å². The van der Waals surface area contributed by atoms with Gasteiger partial charge in [0.25, 0.3) is 0 Å². The first kappa shape index (κ1) is 56.1. The molecule has 7 atom stereocenters. The Morgan fingerprint density at radius 2 is 0.750 bits per heavy atom. The molecule has 0 aromatic heterocycles. The van der Waals surface area contributed by atoms with Crippen LogP contribution in [0, 0.1) is 0 Å². The molecular weight excluding hydrogens is 1180 g/mol. The predicted octanol–water partition coefficient (Wildman–Crippen LogP) is 2.98. The van der Waals surface area contributed by atoms with E-state index in [0.29, 0.717) is 12.1 Å². The first-order chi connectivity index (χ1) is 41.5. The van der Waals surface area contributed by atoms with E-state index in [2.05, 4.69) is 0 Å². The third-order valence-electron chi connectivity index (χ3n) is 15.6. The van der Waals surface area contributed by atoms with E-state index in [4.69, 9.17) is 28.4 Å². The van der Waals surface area contributed by atoms with Crippen LogP contribution in [0.5, 0.6) is 121 Å². The minimum atomic E-state index is -3.05. The van der Waals surface area contributed by atoms with E-state index in [0.717, 1.165) is 12.1 Å². The summed E-state index contributed by atoms with van der Waals surface area (Å²) in [5.41, 5.74) is -18.0. The minimum Gasteiger partial charge on any atom is -0.507 e. The highest BCUT2D eigenvalue weighted by molar-refractivity contribution is 6.17. The highest BCUT2D eigenvalue weighted by Crippen LogP contribution is 2.65. The van der Waals surface area contributed by atoms with Crippen molar-refractivity contribution < 1.29 is 160 Å². The number of ether oxygens (including phenoxy) is 6. The molecule has 0 saturated heterocycles. The summed E-state index contributed by atoms with van der Waals surface area (Å²) in [5, 5.41) is 238. The lowest BCUT2D eigenvalue weighted by Gasteiger charge is -2.43. The Morgan fingerprint density at radius 1 is 0.330 bits per heavy atom. The molecule has 7 aromatic rings. The molecule has 0 fully saturated rings. The van der Waals surface area contributed by atoms with Crippen molar-refractivity contribution in [2.45, 2.75) is 49.0 Å². The van der Waals surface area contributed by atoms with E-state index in [1.165, 1.54) is 0 Å². The second-order valence-corrected chi connectivity index (χ2v) is 20.4. The molecule has 13 rings (SSSR count). The fourth-order valence-corrected chi connectivity index (χ4v) is 11.6. The number of carbonyl (C=O) groups excluding carboxylic acids is 5. The van der Waals surface area contributed by atoms with Gasteiger partial charge in [0.2, 0.25) is 28.7 Å². The van der Waals surface area contributed by atoms with E-state index in [1.807, 2.05) is 0 Å². The molecule has 0 saturated carbocycles. The summed E-state index contributed by atoms with van der Waals surface area (Å²) in [6.45, 7) is -1.66. The summed E-state index contributed by atoms with van der Waals surface area (Å²) >= 11 is 0. The van der Waals surface area contributed by atoms with Gasteiger partial charge in [0.05, 0.1) is 39.8 Å². The van der Waals surface area contributed by atoms with Crippen LogP contribution in [0.1, 0.15) is 86.1 Å². The van der Waals surface area contributed by atoms with Crippen molar-refractivity contribution in [1.29, 1.82) is 0 Å². The number of aliphatic hydroxyl groups is 1. The molecule has 6 heterocycles. The summed E-state index contributed by atoms with van der Waals surface area (Å²) in [7, 11) is 0. The van der Waals surface area contributed by atoms with E-state index in [1.54, 1.807) is 0 Å². The molecule has 32 nitrogen and oxygen atoms in total. The Bertz CT molecular complexity index is 4390. The van der Waals surface area contributed by atoms with Gasteiger partial charge >= 0.3 is 29.8 Å². The summed E-state index contributed by atoms with van der Waals surface area (Å²) in [4.78, 5) is 76.2. The fourth-order valence-electron chi connectivity index (χ4n) is 11.6. The smallest absolute Gasteiger partial charge is 0.340 e. The molecule has 0 aliphatic carbocycles. The van der Waals surface area contributed by atoms with E-state index in [9.17, 15) is 112 Å². The lowest BCUT2D eigenvalue weighted by molar-refractivity contribution is -0.135. The molecule has 6 aliphatic rings. The van der Waals surface area contributed by atoms with Crippen molar-refractivity contribution in [3.8, 4) is 154 Å². The minimum absolute atomic E-state index is 0.276. The van der Waals surface area contributed by atoms with Crippen molar-refractivity contribution >= 4 is 29.8 Å². The molecule has 0 amide bonds. The number of benzene rings is 7. The summed E-state index contributed by atoms with van der Waals surface area (Å²) in [6.07, 6.45) is -16.2. The van der Waals surface area contributed by atoms with Gasteiger partial charge < -0.3 is 136 Å². The van der Waals surface area contributed by atoms with Crippen LogP contribution < -0.4 is 4.74 Å². The van der Waals surface area contributed by atoms with Gasteiger partial charge in [0.15, 0.2) is 105 Å². The van der Waals surface area contributed by atoms with E-state index >= 15 is 19.2 Å². The van der Waals surface area contributed by atoms with Crippen LogP contribution in [0.3, 0.4) is 0 Å². The monoisotopic (exact) mass is 1220 g/mol. The normalized spacial score (nSPS) is 20.8. The summed E-state index contributed by atoms with van der Waals surface area (Å²) in [5.74, 6) is -42.8. The van der Waals surface area contributed by atoms with Crippen LogP contribution in [0.15, 0.2) is 36.4 Å². The molecule has 0 radical (unpaired) electrons. The van der Waals surface area contributed by atoms with Gasteiger partial charge in [-0.2, -0.15) is 0 Å². The van der Waals surface area contributed by atoms with E-state index in [-0.39, 0.29) is 17.7 Å². The number of hydrogen-bond acceptors (Lipinski definition) is 32. The van der Waals surface area contributed by atoms with Crippen LogP contribution in [0.2, 0.25) is 0 Å². The third kappa shape index (κ3) is 7.70. The Balaban J connectivity index is 1.24. The summed E-state index contributed by atoms with van der Waals surface area (Å²) < 4.78 is 35.7. The van der Waals surface area contributed by atoms with Crippen LogP contribution >= 0.6 is 0 Å². The SMILES string of the molecule is O=C1OC[C@H]2OC(=O)c3cc(O)c(O)c(O)c3-c3c(O)c(O)c(O)c4c3C(=O)O[C@H]([C@H]3OC(=O)c5c-4c(O)c(O)c(O)c5[C@@H]3c3c(O)cc(O)c4c3O[C@H](c3cc(O)c(O)c(O)c3)[C@@H](O)C4)[C@@H]2OC(=O)c2cc(O)c(O)c(O)c2-c2c1cc(O)c(O)c2O. The van der Waals surface area contributed by atoms with Crippen molar-refractivity contribution in [3.63, 3.8) is 0 Å². The number of hydrogen-bond donors (Lipinski definition) is 21. The molecule has 88 heavy (non-hydrogen) atoms.